The lowest BCUT2D eigenvalue weighted by atomic mass is 10.0. The van der Waals surface area contributed by atoms with Gasteiger partial charge in [-0.15, -0.1) is 0 Å². The van der Waals surface area contributed by atoms with E-state index in [1.807, 2.05) is 0 Å². The van der Waals surface area contributed by atoms with Crippen LogP contribution in [0.2, 0.25) is 5.02 Å². The van der Waals surface area contributed by atoms with Crippen LogP contribution in [0.5, 0.6) is 5.75 Å². The molecule has 0 N–H and O–H groups in total. The second-order valence-corrected chi connectivity index (χ2v) is 8.45. The molecule has 1 aliphatic heterocycles. The van der Waals surface area contributed by atoms with E-state index in [4.69, 9.17) is 20.8 Å². The molecule has 0 saturated heterocycles. The maximum atomic E-state index is 13.8. The Labute approximate surface area is 210 Å². The molecule has 11 heteroatoms. The molecule has 0 aliphatic carbocycles. The van der Waals surface area contributed by atoms with E-state index in [-0.39, 0.29) is 32.8 Å². The quantitative estimate of drug-likeness (QED) is 0.202. The fourth-order valence-electron chi connectivity index (χ4n) is 3.99. The summed E-state index contributed by atoms with van der Waals surface area (Å²) in [5.41, 5.74) is -1.86. The normalized spacial score (nSPS) is 13.2. The Morgan fingerprint density at radius 1 is 0.919 bits per heavy atom. The van der Waals surface area contributed by atoms with Gasteiger partial charge < -0.3 is 9.15 Å². The van der Waals surface area contributed by atoms with Crippen LogP contribution in [-0.4, -0.2) is 29.2 Å². The minimum Gasteiger partial charge on any atom is -0.450 e. The molecule has 0 spiro atoms. The summed E-state index contributed by atoms with van der Waals surface area (Å²) in [6.07, 6.45) is -5.01. The van der Waals surface area contributed by atoms with Gasteiger partial charge in [0.15, 0.2) is 0 Å². The average molecular weight is 528 g/mol. The van der Waals surface area contributed by atoms with Gasteiger partial charge in [0, 0.05) is 11.1 Å². The van der Waals surface area contributed by atoms with Crippen LogP contribution in [0.25, 0.3) is 22.1 Å². The fraction of sp³-hybridized carbons (Fsp3) is 0.0769. The van der Waals surface area contributed by atoms with Crippen molar-refractivity contribution in [2.75, 3.05) is 6.54 Å². The van der Waals surface area contributed by atoms with Crippen LogP contribution in [0.4, 0.5) is 13.2 Å². The lowest BCUT2D eigenvalue weighted by molar-refractivity contribution is -0.152. The number of esters is 1. The second kappa shape index (κ2) is 8.90. The first-order valence-corrected chi connectivity index (χ1v) is 11.0. The number of halogens is 4. The number of imide groups is 1. The molecule has 1 aliphatic rings. The van der Waals surface area contributed by atoms with Gasteiger partial charge in [-0.3, -0.25) is 19.3 Å². The van der Waals surface area contributed by atoms with E-state index in [1.54, 1.807) is 12.1 Å². The second-order valence-electron chi connectivity index (χ2n) is 8.01. The Bertz CT molecular complexity index is 1630. The summed E-state index contributed by atoms with van der Waals surface area (Å²) in [7, 11) is 0. The Morgan fingerprint density at radius 2 is 1.54 bits per heavy atom. The molecule has 4 aromatic rings. The van der Waals surface area contributed by atoms with Crippen molar-refractivity contribution in [1.29, 1.82) is 0 Å². The highest BCUT2D eigenvalue weighted by molar-refractivity contribution is 6.30. The number of ether oxygens (including phenoxy) is 1. The van der Waals surface area contributed by atoms with Gasteiger partial charge in [-0.05, 0) is 42.0 Å². The number of alkyl halides is 3. The predicted octanol–water partition coefficient (Wildman–Crippen LogP) is 5.33. The first-order valence-electron chi connectivity index (χ1n) is 10.6. The third kappa shape index (κ3) is 4.36. The summed E-state index contributed by atoms with van der Waals surface area (Å²) >= 11 is 5.81. The standard InChI is InChI=1S/C26H13ClF3NO6/c27-14-7-5-13(6-8-14)21-22(33)18-10-9-15(11-19(18)37-23(21)26(28,29)30)36-20(32)12-31-24(34)16-3-1-2-4-17(16)25(31)35/h1-11H,12H2. The van der Waals surface area contributed by atoms with Gasteiger partial charge in [0.25, 0.3) is 11.8 Å². The molecule has 0 saturated carbocycles. The van der Waals surface area contributed by atoms with Crippen molar-refractivity contribution < 1.29 is 36.7 Å². The number of benzene rings is 3. The Hall–Kier alpha value is -4.44. The van der Waals surface area contributed by atoms with E-state index in [1.165, 1.54) is 42.5 Å². The lowest BCUT2D eigenvalue weighted by Crippen LogP contribution is -2.36. The van der Waals surface area contributed by atoms with Crippen molar-refractivity contribution in [2.45, 2.75) is 6.18 Å². The van der Waals surface area contributed by atoms with Gasteiger partial charge in [-0.25, -0.2) is 4.79 Å². The molecular formula is C26H13ClF3NO6. The van der Waals surface area contributed by atoms with Crippen molar-refractivity contribution >= 4 is 40.4 Å². The van der Waals surface area contributed by atoms with Gasteiger partial charge in [0.2, 0.25) is 11.2 Å². The summed E-state index contributed by atoms with van der Waals surface area (Å²) in [6.45, 7) is -0.725. The highest BCUT2D eigenvalue weighted by atomic mass is 35.5. The van der Waals surface area contributed by atoms with Gasteiger partial charge >= 0.3 is 12.1 Å². The zero-order valence-electron chi connectivity index (χ0n) is 18.5. The van der Waals surface area contributed by atoms with Gasteiger partial charge in [-0.1, -0.05) is 35.9 Å². The maximum absolute atomic E-state index is 13.8. The van der Waals surface area contributed by atoms with Crippen molar-refractivity contribution in [3.05, 3.63) is 98.9 Å². The first kappa shape index (κ1) is 24.3. The molecule has 7 nitrogen and oxygen atoms in total. The largest absolute Gasteiger partial charge is 0.450 e. The average Bonchev–Trinajstić information content (AvgIpc) is 3.09. The van der Waals surface area contributed by atoms with Crippen molar-refractivity contribution in [1.82, 2.24) is 4.90 Å². The number of carbonyl (C=O) groups is 3. The van der Waals surface area contributed by atoms with Crippen LogP contribution in [0.1, 0.15) is 26.5 Å². The van der Waals surface area contributed by atoms with Gasteiger partial charge in [0.05, 0.1) is 22.1 Å². The third-order valence-corrected chi connectivity index (χ3v) is 5.90. The van der Waals surface area contributed by atoms with E-state index in [9.17, 15) is 32.3 Å². The molecule has 2 amide bonds. The fourth-order valence-corrected chi connectivity index (χ4v) is 4.12. The van der Waals surface area contributed by atoms with Crippen LogP contribution in [0.15, 0.2) is 75.9 Å². The molecule has 0 fully saturated rings. The van der Waals surface area contributed by atoms with Gasteiger partial charge in [0.1, 0.15) is 17.9 Å². The number of amides is 2. The van der Waals surface area contributed by atoms with Crippen molar-refractivity contribution in [2.24, 2.45) is 0 Å². The highest BCUT2D eigenvalue weighted by Gasteiger charge is 2.40. The first-order chi connectivity index (χ1) is 17.5. The van der Waals surface area contributed by atoms with Crippen LogP contribution in [-0.2, 0) is 11.0 Å². The zero-order chi connectivity index (χ0) is 26.5. The number of hydrogen-bond donors (Lipinski definition) is 0. The van der Waals surface area contributed by atoms with Crippen molar-refractivity contribution in [3.63, 3.8) is 0 Å². The molecule has 5 rings (SSSR count). The number of fused-ring (bicyclic) bond motifs is 2. The van der Waals surface area contributed by atoms with Crippen LogP contribution >= 0.6 is 11.6 Å². The summed E-state index contributed by atoms with van der Waals surface area (Å²) in [4.78, 5) is 51.1. The molecule has 3 aromatic carbocycles. The van der Waals surface area contributed by atoms with Crippen LogP contribution < -0.4 is 10.2 Å². The van der Waals surface area contributed by atoms with Crippen molar-refractivity contribution in [3.8, 4) is 16.9 Å². The molecule has 0 unspecified atom stereocenters. The monoisotopic (exact) mass is 527 g/mol. The van der Waals surface area contributed by atoms with E-state index < -0.39 is 52.8 Å². The highest BCUT2D eigenvalue weighted by Crippen LogP contribution is 2.38. The molecule has 2 heterocycles. The molecular weight excluding hydrogens is 515 g/mol. The van der Waals surface area contributed by atoms with E-state index >= 15 is 0 Å². The minimum atomic E-state index is -5.01. The molecule has 0 radical (unpaired) electrons. The zero-order valence-corrected chi connectivity index (χ0v) is 19.2. The van der Waals surface area contributed by atoms with E-state index in [0.29, 0.717) is 4.90 Å². The lowest BCUT2D eigenvalue weighted by Gasteiger charge is -2.14. The summed E-state index contributed by atoms with van der Waals surface area (Å²) in [6, 6.07) is 14.6. The Kier molecular flexibility index (Phi) is 5.83. The summed E-state index contributed by atoms with van der Waals surface area (Å²) in [5, 5.41) is 0.0910. The molecule has 186 valence electrons. The number of rotatable bonds is 4. The van der Waals surface area contributed by atoms with E-state index in [0.717, 1.165) is 12.1 Å². The molecule has 1 aromatic heterocycles. The third-order valence-electron chi connectivity index (χ3n) is 5.65. The van der Waals surface area contributed by atoms with E-state index in [2.05, 4.69) is 0 Å². The smallest absolute Gasteiger partial charge is 0.450 e. The molecule has 0 bridgehead atoms. The van der Waals surface area contributed by atoms with Crippen LogP contribution in [0.3, 0.4) is 0 Å². The minimum absolute atomic E-state index is 0.0381. The van der Waals surface area contributed by atoms with Gasteiger partial charge in [-0.2, -0.15) is 13.2 Å². The Balaban J connectivity index is 1.46. The number of hydrogen-bond acceptors (Lipinski definition) is 6. The SMILES string of the molecule is O=C(CN1C(=O)c2ccccc2C1=O)Oc1ccc2c(=O)c(-c3ccc(Cl)cc3)c(C(F)(F)F)oc2c1. The van der Waals surface area contributed by atoms with Crippen LogP contribution in [0, 0.1) is 0 Å². The maximum Gasteiger partial charge on any atom is 0.450 e. The number of carbonyl (C=O) groups excluding carboxylic acids is 3. The topological polar surface area (TPSA) is 93.9 Å². The molecule has 37 heavy (non-hydrogen) atoms. The molecule has 0 atom stereocenters. The predicted molar refractivity (Wildman–Crippen MR) is 125 cm³/mol. The summed E-state index contributed by atoms with van der Waals surface area (Å²) < 4.78 is 51.7. The summed E-state index contributed by atoms with van der Waals surface area (Å²) in [5.74, 6) is -4.14. The Morgan fingerprint density at radius 3 is 2.14 bits per heavy atom. The number of nitrogens with zero attached hydrogens (tertiary/aromatic N) is 1.